The first-order valence-electron chi connectivity index (χ1n) is 10.3. The number of amides is 2. The summed E-state index contributed by atoms with van der Waals surface area (Å²) in [6.07, 6.45) is 1.56. The van der Waals surface area contributed by atoms with Gasteiger partial charge in [-0.1, -0.05) is 60.1 Å². The van der Waals surface area contributed by atoms with Crippen molar-refractivity contribution in [2.45, 2.75) is 13.0 Å². The molecule has 4 rings (SSSR count). The van der Waals surface area contributed by atoms with E-state index in [0.29, 0.717) is 40.7 Å². The molecule has 3 N–H and O–H groups in total. The van der Waals surface area contributed by atoms with Crippen molar-refractivity contribution in [3.05, 3.63) is 77.4 Å². The minimum Gasteiger partial charge on any atom is -0.368 e. The average molecular weight is 445 g/mol. The van der Waals surface area contributed by atoms with Crippen LogP contribution in [0.5, 0.6) is 0 Å². The quantitative estimate of drug-likeness (QED) is 0.302. The van der Waals surface area contributed by atoms with Gasteiger partial charge in [0.15, 0.2) is 5.65 Å². The maximum absolute atomic E-state index is 12.2. The summed E-state index contributed by atoms with van der Waals surface area (Å²) in [5.41, 5.74) is 3.53. The molecule has 2 radical (unpaired) electrons. The Labute approximate surface area is 192 Å². The summed E-state index contributed by atoms with van der Waals surface area (Å²) in [4.78, 5) is 16.8. The Hall–Kier alpha value is -3.52. The van der Waals surface area contributed by atoms with Gasteiger partial charge in [-0.3, -0.25) is 0 Å². The van der Waals surface area contributed by atoms with Crippen molar-refractivity contribution in [2.24, 2.45) is 0 Å². The number of carbonyl (C=O) groups is 1. The minimum atomic E-state index is -0.233. The van der Waals surface area contributed by atoms with Gasteiger partial charge in [0, 0.05) is 35.9 Å². The molecular weight excluding hydrogens is 423 g/mol. The molecule has 0 aliphatic rings. The van der Waals surface area contributed by atoms with E-state index in [0.717, 1.165) is 11.1 Å². The minimum absolute atomic E-state index is 0.0887. The highest BCUT2D eigenvalue weighted by molar-refractivity contribution is 6.36. The number of halogens is 1. The Kier molecular flexibility index (Phi) is 6.61. The fraction of sp³-hybridized carbons (Fsp3) is 0.174. The zero-order valence-electron chi connectivity index (χ0n) is 17.5. The lowest BCUT2D eigenvalue weighted by molar-refractivity contribution is 0.238. The number of benzene rings is 2. The molecule has 2 amide bonds. The van der Waals surface area contributed by atoms with E-state index in [2.05, 4.69) is 26.0 Å². The number of hydrogen-bond donors (Lipinski definition) is 3. The summed E-state index contributed by atoms with van der Waals surface area (Å²) in [6.45, 7) is 2.84. The largest absolute Gasteiger partial charge is 0.368 e. The third kappa shape index (κ3) is 4.86. The molecule has 160 valence electrons. The molecule has 2 aromatic carbocycles. The molecule has 0 unspecified atom stereocenters. The van der Waals surface area contributed by atoms with E-state index in [1.807, 2.05) is 67.6 Å². The smallest absolute Gasteiger partial charge is 0.315 e. The van der Waals surface area contributed by atoms with Gasteiger partial charge < -0.3 is 16.0 Å². The highest BCUT2D eigenvalue weighted by Gasteiger charge is 2.13. The van der Waals surface area contributed by atoms with Crippen LogP contribution in [-0.4, -0.2) is 41.6 Å². The summed E-state index contributed by atoms with van der Waals surface area (Å²) < 4.78 is 1.63. The first-order chi connectivity index (χ1) is 15.5. The summed E-state index contributed by atoms with van der Waals surface area (Å²) in [5.74, 6) is 0.696. The average Bonchev–Trinajstić information content (AvgIpc) is 3.18. The van der Waals surface area contributed by atoms with Crippen molar-refractivity contribution in [2.75, 3.05) is 18.4 Å². The summed E-state index contributed by atoms with van der Waals surface area (Å²) in [7, 11) is 6.05. The van der Waals surface area contributed by atoms with Gasteiger partial charge in [-0.05, 0) is 24.0 Å². The van der Waals surface area contributed by atoms with Gasteiger partial charge in [-0.15, -0.1) is 0 Å². The number of aromatic nitrogens is 3. The standard InChI is InChI=1S/C23H22BClN6O/c1-15(16-7-3-2-4-8-16)29-23(32)27-12-11-26-21-13-20(17-9-5-6-10-19(17)25)30-22-18(24)14-28-31(21)22/h2-10,13-15,26H,11-12H2,1H3,(H2,27,29,32)/t15-/m1/s1. The van der Waals surface area contributed by atoms with Crippen LogP contribution in [-0.2, 0) is 0 Å². The van der Waals surface area contributed by atoms with Crippen LogP contribution in [0.1, 0.15) is 18.5 Å². The van der Waals surface area contributed by atoms with Gasteiger partial charge in [0.1, 0.15) is 13.7 Å². The summed E-state index contributed by atoms with van der Waals surface area (Å²) in [5, 5.41) is 14.0. The number of anilines is 1. The Bertz CT molecular complexity index is 1230. The molecule has 0 aliphatic heterocycles. The third-order valence-electron chi connectivity index (χ3n) is 5.01. The number of urea groups is 1. The van der Waals surface area contributed by atoms with Crippen molar-refractivity contribution in [1.82, 2.24) is 25.2 Å². The second-order valence-electron chi connectivity index (χ2n) is 7.30. The van der Waals surface area contributed by atoms with E-state index in [1.165, 1.54) is 0 Å². The molecule has 1 atom stereocenters. The number of nitrogens with one attached hydrogen (secondary N) is 3. The van der Waals surface area contributed by atoms with Crippen molar-refractivity contribution >= 4 is 42.4 Å². The van der Waals surface area contributed by atoms with E-state index in [9.17, 15) is 4.79 Å². The van der Waals surface area contributed by atoms with Gasteiger partial charge >= 0.3 is 6.03 Å². The van der Waals surface area contributed by atoms with Crippen molar-refractivity contribution < 1.29 is 4.79 Å². The van der Waals surface area contributed by atoms with E-state index < -0.39 is 0 Å². The molecular formula is C23H22BClN6O. The maximum atomic E-state index is 12.2. The number of carbonyl (C=O) groups excluding carboxylic acids is 1. The Balaban J connectivity index is 1.41. The molecule has 32 heavy (non-hydrogen) atoms. The van der Waals surface area contributed by atoms with E-state index in [4.69, 9.17) is 19.4 Å². The SMILES string of the molecule is [B]c1cnn2c(NCCNC(=O)N[C@H](C)c3ccccc3)cc(-c3ccccc3Cl)nc12. The zero-order chi connectivity index (χ0) is 22.5. The zero-order valence-corrected chi connectivity index (χ0v) is 18.3. The Morgan fingerprint density at radius 1 is 1.12 bits per heavy atom. The predicted octanol–water partition coefficient (Wildman–Crippen LogP) is 3.32. The topological polar surface area (TPSA) is 83.3 Å². The maximum Gasteiger partial charge on any atom is 0.315 e. The number of rotatable bonds is 7. The first-order valence-corrected chi connectivity index (χ1v) is 10.6. The molecule has 4 aromatic rings. The van der Waals surface area contributed by atoms with Crippen LogP contribution < -0.4 is 21.4 Å². The highest BCUT2D eigenvalue weighted by atomic mass is 35.5. The normalized spacial score (nSPS) is 11.8. The van der Waals surface area contributed by atoms with Crippen molar-refractivity contribution in [1.29, 1.82) is 0 Å². The second-order valence-corrected chi connectivity index (χ2v) is 7.71. The summed E-state index contributed by atoms with van der Waals surface area (Å²) >= 11 is 6.35. The number of nitrogens with zero attached hydrogens (tertiary/aromatic N) is 3. The van der Waals surface area contributed by atoms with Gasteiger partial charge in [0.25, 0.3) is 0 Å². The van der Waals surface area contributed by atoms with E-state index in [-0.39, 0.29) is 12.1 Å². The molecule has 0 aliphatic carbocycles. The molecule has 2 heterocycles. The Morgan fingerprint density at radius 3 is 2.66 bits per heavy atom. The van der Waals surface area contributed by atoms with E-state index in [1.54, 1.807) is 10.7 Å². The molecule has 2 aromatic heterocycles. The monoisotopic (exact) mass is 444 g/mol. The predicted molar refractivity (Wildman–Crippen MR) is 129 cm³/mol. The van der Waals surface area contributed by atoms with Crippen molar-refractivity contribution in [3.8, 4) is 11.3 Å². The van der Waals surface area contributed by atoms with Crippen LogP contribution >= 0.6 is 11.6 Å². The van der Waals surface area contributed by atoms with Gasteiger partial charge in [-0.25, -0.2) is 9.78 Å². The molecule has 0 saturated carbocycles. The molecule has 0 bridgehead atoms. The highest BCUT2D eigenvalue weighted by Crippen LogP contribution is 2.28. The second kappa shape index (κ2) is 9.74. The summed E-state index contributed by atoms with van der Waals surface area (Å²) in [6, 6.07) is 18.8. The van der Waals surface area contributed by atoms with Crippen LogP contribution in [0, 0.1) is 0 Å². The van der Waals surface area contributed by atoms with Gasteiger partial charge in [0.05, 0.1) is 11.7 Å². The first kappa shape index (κ1) is 21.7. The van der Waals surface area contributed by atoms with Crippen LogP contribution in [0.3, 0.4) is 0 Å². The van der Waals surface area contributed by atoms with Crippen LogP contribution in [0.2, 0.25) is 5.02 Å². The van der Waals surface area contributed by atoms with Crippen LogP contribution in [0.4, 0.5) is 10.6 Å². The lowest BCUT2D eigenvalue weighted by atomic mass is 10.0. The van der Waals surface area contributed by atoms with Crippen molar-refractivity contribution in [3.63, 3.8) is 0 Å². The van der Waals surface area contributed by atoms with E-state index >= 15 is 0 Å². The van der Waals surface area contributed by atoms with Crippen LogP contribution in [0.15, 0.2) is 66.9 Å². The van der Waals surface area contributed by atoms with Crippen LogP contribution in [0.25, 0.3) is 16.9 Å². The molecule has 7 nitrogen and oxygen atoms in total. The molecule has 0 spiro atoms. The van der Waals surface area contributed by atoms with Gasteiger partial charge in [0.2, 0.25) is 0 Å². The fourth-order valence-corrected chi connectivity index (χ4v) is 3.58. The number of fused-ring (bicyclic) bond motifs is 1. The molecule has 0 fully saturated rings. The molecule has 9 heteroatoms. The fourth-order valence-electron chi connectivity index (χ4n) is 3.35. The van der Waals surface area contributed by atoms with Gasteiger partial charge in [-0.2, -0.15) is 9.61 Å². The molecule has 0 saturated heterocycles. The Morgan fingerprint density at radius 2 is 1.88 bits per heavy atom. The lowest BCUT2D eigenvalue weighted by Gasteiger charge is -2.16. The number of hydrogen-bond acceptors (Lipinski definition) is 4. The third-order valence-corrected chi connectivity index (χ3v) is 5.34. The lowest BCUT2D eigenvalue weighted by Crippen LogP contribution is -2.39.